The first kappa shape index (κ1) is 23.7. The molecule has 4 rings (SSSR count). The van der Waals surface area contributed by atoms with Gasteiger partial charge in [-0.2, -0.15) is 0 Å². The molecule has 0 bridgehead atoms. The van der Waals surface area contributed by atoms with Crippen molar-refractivity contribution in [2.45, 2.75) is 20.3 Å². The predicted molar refractivity (Wildman–Crippen MR) is 136 cm³/mol. The van der Waals surface area contributed by atoms with Crippen molar-refractivity contribution in [3.05, 3.63) is 77.2 Å². The van der Waals surface area contributed by atoms with E-state index < -0.39 is 0 Å². The van der Waals surface area contributed by atoms with E-state index in [1.807, 2.05) is 44.3 Å². The van der Waals surface area contributed by atoms with Gasteiger partial charge in [-0.3, -0.25) is 20.4 Å². The number of carbonyl (C=O) groups excluding carboxylic acids is 1. The number of amides is 1. The van der Waals surface area contributed by atoms with Gasteiger partial charge in [0.2, 0.25) is 11.9 Å². The molecule has 0 atom stereocenters. The highest BCUT2D eigenvalue weighted by Crippen LogP contribution is 2.27. The maximum atomic E-state index is 13.0. The van der Waals surface area contributed by atoms with Gasteiger partial charge in [0, 0.05) is 40.6 Å². The third kappa shape index (κ3) is 5.75. The van der Waals surface area contributed by atoms with Crippen LogP contribution in [0.1, 0.15) is 27.3 Å². The Balaban J connectivity index is 1.56. The van der Waals surface area contributed by atoms with Gasteiger partial charge in [0.25, 0.3) is 5.91 Å². The molecule has 180 valence electrons. The third-order valence-corrected chi connectivity index (χ3v) is 5.42. The molecule has 0 saturated heterocycles. The summed E-state index contributed by atoms with van der Waals surface area (Å²) in [5.41, 5.74) is 4.25. The van der Waals surface area contributed by atoms with Crippen molar-refractivity contribution < 1.29 is 14.3 Å². The van der Waals surface area contributed by atoms with Crippen molar-refractivity contribution in [3.8, 4) is 11.5 Å². The van der Waals surface area contributed by atoms with Crippen LogP contribution in [0.15, 0.2) is 59.7 Å². The number of anilines is 1. The highest BCUT2D eigenvalue weighted by Gasteiger charge is 2.14. The van der Waals surface area contributed by atoms with Crippen LogP contribution in [-0.4, -0.2) is 47.6 Å². The molecule has 4 aromatic rings. The SMILES string of the molecule is COc1ccc(C(=O)NC(=NCCc2c[nH]c3ccccc23)Nc2nc(C)cc(C)n2)cc1OC. The number of ether oxygens (including phenoxy) is 2. The van der Waals surface area contributed by atoms with Crippen LogP contribution in [0.5, 0.6) is 11.5 Å². The average molecular weight is 473 g/mol. The summed E-state index contributed by atoms with van der Waals surface area (Å²) in [4.78, 5) is 29.8. The van der Waals surface area contributed by atoms with Crippen LogP contribution in [-0.2, 0) is 6.42 Å². The Bertz CT molecular complexity index is 1360. The van der Waals surface area contributed by atoms with Gasteiger partial charge < -0.3 is 14.5 Å². The molecule has 2 aromatic carbocycles. The predicted octanol–water partition coefficient (Wildman–Crippen LogP) is 4.03. The minimum atomic E-state index is -0.353. The minimum absolute atomic E-state index is 0.259. The summed E-state index contributed by atoms with van der Waals surface area (Å²) < 4.78 is 10.6. The number of nitrogens with one attached hydrogen (secondary N) is 3. The summed E-state index contributed by atoms with van der Waals surface area (Å²) in [5, 5.41) is 7.06. The maximum absolute atomic E-state index is 13.0. The van der Waals surface area contributed by atoms with E-state index in [2.05, 4.69) is 36.6 Å². The van der Waals surface area contributed by atoms with E-state index in [0.29, 0.717) is 36.0 Å². The smallest absolute Gasteiger partial charge is 0.258 e. The molecular formula is C26H28N6O3. The molecule has 0 aliphatic carbocycles. The number of aliphatic imine (C=N–C) groups is 1. The summed E-state index contributed by atoms with van der Waals surface area (Å²) >= 11 is 0. The minimum Gasteiger partial charge on any atom is -0.493 e. The van der Waals surface area contributed by atoms with Crippen LogP contribution in [0.3, 0.4) is 0 Å². The normalized spacial score (nSPS) is 11.4. The molecule has 1 amide bonds. The van der Waals surface area contributed by atoms with Crippen LogP contribution in [0.4, 0.5) is 5.95 Å². The Morgan fingerprint density at radius 3 is 2.49 bits per heavy atom. The van der Waals surface area contributed by atoms with E-state index in [4.69, 9.17) is 9.47 Å². The molecular weight excluding hydrogens is 444 g/mol. The lowest BCUT2D eigenvalue weighted by Crippen LogP contribution is -2.37. The van der Waals surface area contributed by atoms with Crippen LogP contribution in [0, 0.1) is 13.8 Å². The van der Waals surface area contributed by atoms with Gasteiger partial charge in [-0.15, -0.1) is 0 Å². The summed E-state index contributed by atoms with van der Waals surface area (Å²) in [5.74, 6) is 1.27. The van der Waals surface area contributed by atoms with Gasteiger partial charge in [0.1, 0.15) is 0 Å². The molecule has 0 aliphatic heterocycles. The molecule has 0 spiro atoms. The fourth-order valence-corrected chi connectivity index (χ4v) is 3.78. The van der Waals surface area contributed by atoms with E-state index in [1.54, 1.807) is 25.3 Å². The van der Waals surface area contributed by atoms with Crippen molar-refractivity contribution in [2.24, 2.45) is 4.99 Å². The zero-order valence-electron chi connectivity index (χ0n) is 20.2. The molecule has 0 saturated carbocycles. The fraction of sp³-hybridized carbons (Fsp3) is 0.231. The van der Waals surface area contributed by atoms with Gasteiger partial charge in [0.05, 0.1) is 14.2 Å². The molecule has 35 heavy (non-hydrogen) atoms. The molecule has 2 heterocycles. The van der Waals surface area contributed by atoms with E-state index in [0.717, 1.165) is 27.9 Å². The number of aromatic nitrogens is 3. The highest BCUT2D eigenvalue weighted by molar-refractivity contribution is 6.09. The molecule has 9 heteroatoms. The van der Waals surface area contributed by atoms with Crippen molar-refractivity contribution in [1.82, 2.24) is 20.3 Å². The lowest BCUT2D eigenvalue weighted by molar-refractivity contribution is 0.0976. The van der Waals surface area contributed by atoms with E-state index in [9.17, 15) is 4.79 Å². The number of aryl methyl sites for hydroxylation is 2. The fourth-order valence-electron chi connectivity index (χ4n) is 3.78. The number of H-pyrrole nitrogens is 1. The van der Waals surface area contributed by atoms with Crippen LogP contribution in [0.2, 0.25) is 0 Å². The third-order valence-electron chi connectivity index (χ3n) is 5.42. The zero-order valence-corrected chi connectivity index (χ0v) is 20.2. The van der Waals surface area contributed by atoms with Gasteiger partial charge >= 0.3 is 0 Å². The van der Waals surface area contributed by atoms with Gasteiger partial charge in [-0.1, -0.05) is 18.2 Å². The van der Waals surface area contributed by atoms with E-state index in [1.165, 1.54) is 7.11 Å². The van der Waals surface area contributed by atoms with Crippen molar-refractivity contribution in [2.75, 3.05) is 26.1 Å². The first-order valence-corrected chi connectivity index (χ1v) is 11.2. The Labute approximate surface area is 203 Å². The van der Waals surface area contributed by atoms with Crippen molar-refractivity contribution in [3.63, 3.8) is 0 Å². The highest BCUT2D eigenvalue weighted by atomic mass is 16.5. The number of guanidine groups is 1. The zero-order chi connectivity index (χ0) is 24.8. The quantitative estimate of drug-likeness (QED) is 0.276. The molecule has 3 N–H and O–H groups in total. The number of aromatic amines is 1. The standard InChI is InChI=1S/C26H28N6O3/c1-16-13-17(2)30-26(29-16)32-25(27-12-11-19-15-28-21-8-6-5-7-20(19)21)31-24(33)18-9-10-22(34-3)23(14-18)35-4/h5-10,13-15,28H,11-12H2,1-4H3,(H2,27,29,30,31,32,33). The van der Waals surface area contributed by atoms with Gasteiger partial charge in [-0.25, -0.2) is 9.97 Å². The first-order chi connectivity index (χ1) is 17.0. The Kier molecular flexibility index (Phi) is 7.25. The lowest BCUT2D eigenvalue weighted by Gasteiger charge is -2.13. The Morgan fingerprint density at radius 1 is 1.00 bits per heavy atom. The second-order valence-electron chi connectivity index (χ2n) is 7.96. The van der Waals surface area contributed by atoms with Crippen molar-refractivity contribution >= 4 is 28.7 Å². The number of rotatable bonds is 7. The molecule has 0 aliphatic rings. The maximum Gasteiger partial charge on any atom is 0.258 e. The topological polar surface area (TPSA) is 114 Å². The lowest BCUT2D eigenvalue weighted by atomic mass is 10.1. The Hall–Kier alpha value is -4.40. The first-order valence-electron chi connectivity index (χ1n) is 11.2. The molecule has 0 unspecified atom stereocenters. The molecule has 0 fully saturated rings. The largest absolute Gasteiger partial charge is 0.493 e. The molecule has 2 aromatic heterocycles. The Morgan fingerprint density at radius 2 is 1.74 bits per heavy atom. The van der Waals surface area contributed by atoms with Crippen LogP contribution < -0.4 is 20.1 Å². The van der Waals surface area contributed by atoms with E-state index in [-0.39, 0.29) is 11.9 Å². The van der Waals surface area contributed by atoms with Gasteiger partial charge in [-0.05, 0) is 56.2 Å². The number of benzene rings is 2. The molecule has 9 nitrogen and oxygen atoms in total. The van der Waals surface area contributed by atoms with Crippen LogP contribution >= 0.6 is 0 Å². The summed E-state index contributed by atoms with van der Waals surface area (Å²) in [7, 11) is 3.07. The number of methoxy groups -OCH3 is 2. The second kappa shape index (κ2) is 10.7. The second-order valence-corrected chi connectivity index (χ2v) is 7.96. The number of hydrogen-bond acceptors (Lipinski definition) is 6. The van der Waals surface area contributed by atoms with Crippen molar-refractivity contribution in [1.29, 1.82) is 0 Å². The summed E-state index contributed by atoms with van der Waals surface area (Å²) in [6, 6.07) is 15.0. The van der Waals surface area contributed by atoms with Gasteiger partial charge in [0.15, 0.2) is 11.5 Å². The number of para-hydroxylation sites is 1. The van der Waals surface area contributed by atoms with Crippen LogP contribution in [0.25, 0.3) is 10.9 Å². The average Bonchev–Trinajstić information content (AvgIpc) is 3.26. The molecule has 0 radical (unpaired) electrons. The van der Waals surface area contributed by atoms with E-state index >= 15 is 0 Å². The number of hydrogen-bond donors (Lipinski definition) is 3. The number of nitrogens with zero attached hydrogens (tertiary/aromatic N) is 3. The number of carbonyl (C=O) groups is 1. The summed E-state index contributed by atoms with van der Waals surface area (Å²) in [6.07, 6.45) is 2.68. The monoisotopic (exact) mass is 472 g/mol. The summed E-state index contributed by atoms with van der Waals surface area (Å²) in [6.45, 7) is 4.22. The number of fused-ring (bicyclic) bond motifs is 1.